The van der Waals surface area contributed by atoms with Gasteiger partial charge in [0.1, 0.15) is 16.4 Å². The number of thioether (sulfide) groups is 1. The fourth-order valence-electron chi connectivity index (χ4n) is 3.67. The van der Waals surface area contributed by atoms with Gasteiger partial charge in [0, 0.05) is 32.9 Å². The zero-order chi connectivity index (χ0) is 26.5. The van der Waals surface area contributed by atoms with E-state index in [-0.39, 0.29) is 29.3 Å². The highest BCUT2D eigenvalue weighted by atomic mass is 79.9. The summed E-state index contributed by atoms with van der Waals surface area (Å²) in [6, 6.07) is 21.4. The predicted molar refractivity (Wildman–Crippen MR) is 150 cm³/mol. The average Bonchev–Trinajstić information content (AvgIpc) is 3.08. The van der Waals surface area contributed by atoms with Crippen LogP contribution in [-0.2, 0) is 9.59 Å². The van der Waals surface area contributed by atoms with Gasteiger partial charge in [0.05, 0.1) is 7.11 Å². The van der Waals surface area contributed by atoms with Gasteiger partial charge in [-0.3, -0.25) is 19.3 Å². The van der Waals surface area contributed by atoms with Crippen LogP contribution in [0.2, 0.25) is 0 Å². The minimum absolute atomic E-state index is 0.122. The summed E-state index contributed by atoms with van der Waals surface area (Å²) >= 11 is 4.56. The average molecular weight is 581 g/mol. The van der Waals surface area contributed by atoms with E-state index in [0.29, 0.717) is 39.0 Å². The molecule has 37 heavy (non-hydrogen) atoms. The lowest BCUT2D eigenvalue weighted by molar-refractivity contribution is -0.137. The number of ether oxygens (including phenoxy) is 1. The number of nitrogens with zero attached hydrogens (tertiary/aromatic N) is 1. The van der Waals surface area contributed by atoms with Crippen molar-refractivity contribution in [3.63, 3.8) is 0 Å². The molecule has 0 spiro atoms. The van der Waals surface area contributed by atoms with Crippen LogP contribution >= 0.6 is 27.7 Å². The molecule has 7 nitrogen and oxygen atoms in total. The predicted octanol–water partition coefficient (Wildman–Crippen LogP) is 6.15. The number of rotatable bonds is 9. The molecule has 0 radical (unpaired) electrons. The second kappa shape index (κ2) is 11.7. The maximum atomic E-state index is 13.3. The molecule has 0 saturated heterocycles. The summed E-state index contributed by atoms with van der Waals surface area (Å²) < 4.78 is 6.09. The first-order valence-corrected chi connectivity index (χ1v) is 13.2. The van der Waals surface area contributed by atoms with Gasteiger partial charge in [-0.15, -0.1) is 0 Å². The normalized spacial score (nSPS) is 13.4. The number of hydrogen-bond donors (Lipinski definition) is 2. The Hall–Kier alpha value is -3.56. The van der Waals surface area contributed by atoms with Gasteiger partial charge in [-0.1, -0.05) is 47.6 Å². The molecule has 9 heteroatoms. The molecule has 0 fully saturated rings. The maximum Gasteiger partial charge on any atom is 0.278 e. The lowest BCUT2D eigenvalue weighted by atomic mass is 10.2. The molecule has 3 amide bonds. The number of halogens is 1. The number of methoxy groups -OCH3 is 1. The summed E-state index contributed by atoms with van der Waals surface area (Å²) in [4.78, 5) is 41.5. The van der Waals surface area contributed by atoms with Gasteiger partial charge in [0.25, 0.3) is 17.7 Å². The SMILES string of the molecule is COc1ccc(NC2=C(Sc3cccc(NC(=O)c4ccc(Br)cc4)c3)C(=O)N(CC(C)C)C2=O)cc1. The quantitative estimate of drug-likeness (QED) is 0.295. The van der Waals surface area contributed by atoms with Gasteiger partial charge in [-0.25, -0.2) is 0 Å². The van der Waals surface area contributed by atoms with Crippen LogP contribution in [0.4, 0.5) is 11.4 Å². The Bertz CT molecular complexity index is 1350. The third-order valence-electron chi connectivity index (χ3n) is 5.45. The van der Waals surface area contributed by atoms with Crippen molar-refractivity contribution in [2.45, 2.75) is 18.7 Å². The Morgan fingerprint density at radius 2 is 1.68 bits per heavy atom. The van der Waals surface area contributed by atoms with Crippen molar-refractivity contribution in [3.05, 3.63) is 93.4 Å². The van der Waals surface area contributed by atoms with E-state index in [1.54, 1.807) is 73.8 Å². The number of imide groups is 1. The minimum atomic E-state index is -0.364. The zero-order valence-corrected chi connectivity index (χ0v) is 23.0. The first kappa shape index (κ1) is 26.5. The fraction of sp³-hybridized carbons (Fsp3) is 0.179. The smallest absolute Gasteiger partial charge is 0.278 e. The van der Waals surface area contributed by atoms with Crippen molar-refractivity contribution in [2.24, 2.45) is 5.92 Å². The highest BCUT2D eigenvalue weighted by molar-refractivity contribution is 9.10. The van der Waals surface area contributed by atoms with E-state index in [1.807, 2.05) is 19.9 Å². The molecule has 190 valence electrons. The molecule has 0 aromatic heterocycles. The van der Waals surface area contributed by atoms with E-state index in [1.165, 1.54) is 16.7 Å². The fourth-order valence-corrected chi connectivity index (χ4v) is 4.94. The number of amides is 3. The molecule has 0 unspecified atom stereocenters. The second-order valence-electron chi connectivity index (χ2n) is 8.76. The number of benzene rings is 3. The van der Waals surface area contributed by atoms with Crippen molar-refractivity contribution in [2.75, 3.05) is 24.3 Å². The second-order valence-corrected chi connectivity index (χ2v) is 10.8. The van der Waals surface area contributed by atoms with E-state index in [2.05, 4.69) is 26.6 Å². The van der Waals surface area contributed by atoms with Crippen LogP contribution < -0.4 is 15.4 Å². The molecule has 1 aliphatic heterocycles. The molecular formula is C28H26BrN3O4S. The van der Waals surface area contributed by atoms with E-state index < -0.39 is 0 Å². The van der Waals surface area contributed by atoms with Crippen LogP contribution in [0.1, 0.15) is 24.2 Å². The summed E-state index contributed by atoms with van der Waals surface area (Å²) in [5.74, 6) is -0.144. The van der Waals surface area contributed by atoms with Crippen LogP contribution in [0.25, 0.3) is 0 Å². The Labute approximate surface area is 228 Å². The van der Waals surface area contributed by atoms with E-state index in [4.69, 9.17) is 4.74 Å². The van der Waals surface area contributed by atoms with Crippen molar-refractivity contribution < 1.29 is 19.1 Å². The summed E-state index contributed by atoms with van der Waals surface area (Å²) in [6.07, 6.45) is 0. The van der Waals surface area contributed by atoms with Gasteiger partial charge in [-0.05, 0) is 72.6 Å². The Morgan fingerprint density at radius 1 is 0.973 bits per heavy atom. The Balaban J connectivity index is 1.59. The van der Waals surface area contributed by atoms with E-state index in [9.17, 15) is 14.4 Å². The molecule has 0 bridgehead atoms. The monoisotopic (exact) mass is 579 g/mol. The molecule has 1 heterocycles. The largest absolute Gasteiger partial charge is 0.497 e. The molecule has 3 aromatic carbocycles. The topological polar surface area (TPSA) is 87.7 Å². The molecular weight excluding hydrogens is 554 g/mol. The third-order valence-corrected chi connectivity index (χ3v) is 7.05. The van der Waals surface area contributed by atoms with Crippen molar-refractivity contribution in [1.82, 2.24) is 4.90 Å². The van der Waals surface area contributed by atoms with Crippen LogP contribution in [0, 0.1) is 5.92 Å². The Morgan fingerprint density at radius 3 is 2.32 bits per heavy atom. The molecule has 0 saturated carbocycles. The standard InChI is InChI=1S/C28H26BrN3O4S/c1-17(2)16-32-27(34)24(30-20-11-13-22(36-3)14-12-20)25(28(32)35)37-23-6-4-5-21(15-23)31-26(33)18-7-9-19(29)10-8-18/h4-15,17,30H,16H2,1-3H3,(H,31,33). The lowest BCUT2D eigenvalue weighted by Crippen LogP contribution is -2.35. The van der Waals surface area contributed by atoms with Crippen LogP contribution in [0.3, 0.4) is 0 Å². The highest BCUT2D eigenvalue weighted by Crippen LogP contribution is 2.37. The molecule has 0 atom stereocenters. The van der Waals surface area contributed by atoms with Crippen molar-refractivity contribution in [3.8, 4) is 5.75 Å². The van der Waals surface area contributed by atoms with Gasteiger partial charge in [-0.2, -0.15) is 0 Å². The summed E-state index contributed by atoms with van der Waals surface area (Å²) in [7, 11) is 1.58. The van der Waals surface area contributed by atoms with Crippen LogP contribution in [0.15, 0.2) is 92.8 Å². The van der Waals surface area contributed by atoms with Gasteiger partial charge >= 0.3 is 0 Å². The molecule has 4 rings (SSSR count). The molecule has 1 aliphatic rings. The van der Waals surface area contributed by atoms with E-state index >= 15 is 0 Å². The molecule has 2 N–H and O–H groups in total. The minimum Gasteiger partial charge on any atom is -0.497 e. The molecule has 0 aliphatic carbocycles. The van der Waals surface area contributed by atoms with Crippen LogP contribution in [-0.4, -0.2) is 36.3 Å². The third kappa shape index (κ3) is 6.42. The number of carbonyl (C=O) groups excluding carboxylic acids is 3. The van der Waals surface area contributed by atoms with Gasteiger partial charge in [0.2, 0.25) is 0 Å². The van der Waals surface area contributed by atoms with Crippen molar-refractivity contribution >= 4 is 56.8 Å². The number of nitrogens with one attached hydrogen (secondary N) is 2. The maximum absolute atomic E-state index is 13.3. The van der Waals surface area contributed by atoms with E-state index in [0.717, 1.165) is 4.47 Å². The first-order valence-electron chi connectivity index (χ1n) is 11.6. The summed E-state index contributed by atoms with van der Waals surface area (Å²) in [5, 5.41) is 6.02. The van der Waals surface area contributed by atoms with Crippen LogP contribution in [0.5, 0.6) is 5.75 Å². The summed E-state index contributed by atoms with van der Waals surface area (Å²) in [6.45, 7) is 4.23. The number of anilines is 2. The highest BCUT2D eigenvalue weighted by Gasteiger charge is 2.39. The Kier molecular flexibility index (Phi) is 8.35. The van der Waals surface area contributed by atoms with Gasteiger partial charge in [0.15, 0.2) is 0 Å². The molecule has 3 aromatic rings. The number of hydrogen-bond acceptors (Lipinski definition) is 6. The van der Waals surface area contributed by atoms with Crippen molar-refractivity contribution in [1.29, 1.82) is 0 Å². The zero-order valence-electron chi connectivity index (χ0n) is 20.6. The first-order chi connectivity index (χ1) is 17.7. The summed E-state index contributed by atoms with van der Waals surface area (Å²) in [5.41, 5.74) is 2.00. The number of carbonyl (C=O) groups is 3. The van der Waals surface area contributed by atoms with Gasteiger partial charge < -0.3 is 15.4 Å². The lowest BCUT2D eigenvalue weighted by Gasteiger charge is -2.17.